The van der Waals surface area contributed by atoms with Gasteiger partial charge in [-0.1, -0.05) is 437 Å². The third kappa shape index (κ3) is 13.4. The molecule has 0 fully saturated rings. The predicted molar refractivity (Wildman–Crippen MR) is 410 cm³/mol. The lowest BCUT2D eigenvalue weighted by atomic mass is 9.66. The molecule has 6 nitrogen and oxygen atoms in total. The molecule has 0 aliphatic rings. The first-order valence-corrected chi connectivity index (χ1v) is 34.2. The van der Waals surface area contributed by atoms with Gasteiger partial charge in [0.2, 0.25) is 0 Å². The molecule has 102 heavy (non-hydrogen) atoms. The Morgan fingerprint density at radius 1 is 0.108 bits per heavy atom. The zero-order chi connectivity index (χ0) is 70.3. The second kappa shape index (κ2) is 30.7. The third-order valence-electron chi connectivity index (χ3n) is 19.5. The highest BCUT2D eigenvalue weighted by molar-refractivity contribution is 5.66. The summed E-state index contributed by atoms with van der Waals surface area (Å²) < 4.78 is 0. The Morgan fingerprint density at radius 3 is 0.333 bits per heavy atom. The molecule has 6 N–H and O–H groups in total. The average Bonchev–Trinajstić information content (AvgIpc) is 0.721. The number of hydrogen-bond donors (Lipinski definition) is 6. The Morgan fingerprint density at radius 2 is 0.206 bits per heavy atom. The minimum absolute atomic E-state index is 0.622. The first-order valence-electron chi connectivity index (χ1n) is 34.2. The van der Waals surface area contributed by atoms with Crippen molar-refractivity contribution in [3.63, 3.8) is 0 Å². The van der Waals surface area contributed by atoms with E-state index in [1.54, 1.807) is 0 Å². The summed E-state index contributed by atoms with van der Waals surface area (Å²) in [6.45, 7) is 0. The molecule has 15 aromatic carbocycles. The molecule has 0 saturated carbocycles. The Kier molecular flexibility index (Phi) is 20.6. The fraction of sp³-hybridized carbons (Fsp3) is 0.0625. The molecule has 0 amide bonds. The first-order chi connectivity index (χ1) is 49.9. The van der Waals surface area contributed by atoms with Gasteiger partial charge in [-0.25, -0.2) is 0 Å². The molecule has 498 valence electrons. The van der Waals surface area contributed by atoms with Crippen LogP contribution in [0.4, 0.5) is 0 Å². The van der Waals surface area contributed by atoms with Crippen LogP contribution in [0.25, 0.3) is 11.1 Å². The summed E-state index contributed by atoms with van der Waals surface area (Å²) in [6.07, 6.45) is 0. The van der Waals surface area contributed by atoms with Gasteiger partial charge in [0.15, 0.2) is 11.2 Å². The first kappa shape index (κ1) is 68.6. The molecular formula is C96H78O6. The van der Waals surface area contributed by atoms with E-state index in [2.05, 4.69) is 0 Å². The summed E-state index contributed by atoms with van der Waals surface area (Å²) in [6, 6.07) is 139. The van der Waals surface area contributed by atoms with Crippen molar-refractivity contribution >= 4 is 0 Å². The lowest BCUT2D eigenvalue weighted by Gasteiger charge is -2.45. The van der Waals surface area contributed by atoms with Gasteiger partial charge in [-0.2, -0.15) is 0 Å². The van der Waals surface area contributed by atoms with Crippen LogP contribution >= 0.6 is 0 Å². The van der Waals surface area contributed by atoms with Gasteiger partial charge in [0.25, 0.3) is 0 Å². The summed E-state index contributed by atoms with van der Waals surface area (Å²) >= 11 is 0. The van der Waals surface area contributed by atoms with Crippen molar-refractivity contribution < 1.29 is 30.6 Å². The van der Waals surface area contributed by atoms with Crippen molar-refractivity contribution in [2.45, 2.75) is 33.6 Å². The van der Waals surface area contributed by atoms with E-state index < -0.39 is 33.6 Å². The van der Waals surface area contributed by atoms with Crippen molar-refractivity contribution in [1.82, 2.24) is 0 Å². The Bertz CT molecular complexity index is 4460. The molecule has 0 unspecified atom stereocenters. The minimum Gasteiger partial charge on any atom is -0.377 e. The van der Waals surface area contributed by atoms with Crippen LogP contribution in [0.2, 0.25) is 0 Å². The van der Waals surface area contributed by atoms with Gasteiger partial charge in [0, 0.05) is 0 Å². The Balaban J connectivity index is 0.000000139. The van der Waals surface area contributed by atoms with Crippen LogP contribution in [0, 0.1) is 0 Å². The van der Waals surface area contributed by atoms with Gasteiger partial charge in [0.1, 0.15) is 22.4 Å². The molecule has 0 spiro atoms. The van der Waals surface area contributed by atoms with E-state index in [1.807, 2.05) is 437 Å². The third-order valence-corrected chi connectivity index (χ3v) is 19.5. The molecule has 6 heteroatoms. The van der Waals surface area contributed by atoms with Gasteiger partial charge >= 0.3 is 0 Å². The van der Waals surface area contributed by atoms with Gasteiger partial charge < -0.3 is 30.6 Å². The molecule has 0 aliphatic heterocycles. The zero-order valence-electron chi connectivity index (χ0n) is 56.3. The standard InChI is InChI=1S/C38H30O2.C32H26O2.C26H22O2/c39-37(31-13-5-1-6-14-31,32-15-7-2-8-16-32)35-25-21-29(22-26-35)30-23-27-36(28-24-30)38(40,33-17-9-3-10-18-33)34-19-11-4-12-20-34;33-31(25-13-5-1-6-14-25,26-15-7-2-8-16-26)29-21-23-30(24-22-29)32(34,27-17-9-3-10-18-27)28-19-11-4-12-20-28;27-25(21-13-5-1-6-14-21,22-15-7-2-8-16-22)26(28,23-17-9-3-10-18-23)24-19-11-4-12-20-24/h1-28,39-40H;1-24,33-34H;1-20,27-28H. The van der Waals surface area contributed by atoms with E-state index in [0.717, 1.165) is 77.9 Å². The lowest BCUT2D eigenvalue weighted by molar-refractivity contribution is -0.113. The normalized spacial score (nSPS) is 11.8. The van der Waals surface area contributed by atoms with Crippen LogP contribution in [-0.2, 0) is 33.6 Å². The number of hydrogen-bond acceptors (Lipinski definition) is 6. The van der Waals surface area contributed by atoms with Gasteiger partial charge in [-0.05, 0) is 100 Å². The maximum absolute atomic E-state index is 12.3. The lowest BCUT2D eigenvalue weighted by Crippen LogP contribution is -2.51. The Hall–Kier alpha value is -11.9. The van der Waals surface area contributed by atoms with Crippen LogP contribution in [-0.4, -0.2) is 30.6 Å². The van der Waals surface area contributed by atoms with Crippen LogP contribution in [0.1, 0.15) is 89.0 Å². The number of aliphatic hydroxyl groups is 6. The van der Waals surface area contributed by atoms with E-state index in [0.29, 0.717) is 22.3 Å². The molecule has 0 radical (unpaired) electrons. The Labute approximate surface area is 597 Å². The quantitative estimate of drug-likeness (QED) is 0.0476. The molecule has 0 aromatic heterocycles. The molecule has 0 atom stereocenters. The van der Waals surface area contributed by atoms with Crippen LogP contribution in [0.3, 0.4) is 0 Å². The minimum atomic E-state index is -1.70. The van der Waals surface area contributed by atoms with E-state index in [1.165, 1.54) is 0 Å². The fourth-order valence-corrected chi connectivity index (χ4v) is 14.1. The predicted octanol–water partition coefficient (Wildman–Crippen LogP) is 19.0. The molecule has 0 heterocycles. The van der Waals surface area contributed by atoms with E-state index >= 15 is 0 Å². The summed E-state index contributed by atoms with van der Waals surface area (Å²) in [5.41, 5.74) is 5.46. The van der Waals surface area contributed by atoms with Crippen molar-refractivity contribution in [3.05, 3.63) is 526 Å². The number of benzene rings is 15. The highest BCUT2D eigenvalue weighted by Crippen LogP contribution is 2.50. The maximum atomic E-state index is 12.3. The van der Waals surface area contributed by atoms with Gasteiger partial charge in [-0.3, -0.25) is 0 Å². The van der Waals surface area contributed by atoms with Gasteiger partial charge in [-0.15, -0.1) is 0 Å². The van der Waals surface area contributed by atoms with E-state index in [-0.39, 0.29) is 0 Å². The van der Waals surface area contributed by atoms with Crippen molar-refractivity contribution in [3.8, 4) is 11.1 Å². The number of rotatable bonds is 18. The molecule has 0 saturated heterocycles. The summed E-state index contributed by atoms with van der Waals surface area (Å²) in [5, 5.41) is 73.0. The average molecular weight is 1330 g/mol. The van der Waals surface area contributed by atoms with Gasteiger partial charge in [0.05, 0.1) is 0 Å². The molecule has 0 aliphatic carbocycles. The maximum Gasteiger partial charge on any atom is 0.152 e. The molecule has 15 aromatic rings. The monoisotopic (exact) mass is 1330 g/mol. The van der Waals surface area contributed by atoms with E-state index in [4.69, 9.17) is 0 Å². The van der Waals surface area contributed by atoms with Crippen LogP contribution < -0.4 is 0 Å². The summed E-state index contributed by atoms with van der Waals surface area (Å²) in [7, 11) is 0. The zero-order valence-corrected chi connectivity index (χ0v) is 56.3. The van der Waals surface area contributed by atoms with Crippen molar-refractivity contribution in [1.29, 1.82) is 0 Å². The molecular weight excluding hydrogens is 1250 g/mol. The largest absolute Gasteiger partial charge is 0.377 e. The SMILES string of the molecule is OC(c1ccccc1)(c1ccccc1)C(O)(c1ccccc1)c1ccccc1.OC(c1ccccc1)(c1ccccc1)c1ccc(-c2ccc(C(O)(c3ccccc3)c3ccccc3)cc2)cc1.OC(c1ccccc1)(c1ccccc1)c1ccc(C(O)(c2ccccc2)c2ccccc2)cc1. The van der Waals surface area contributed by atoms with Crippen LogP contribution in [0.5, 0.6) is 0 Å². The topological polar surface area (TPSA) is 121 Å². The molecule has 0 bridgehead atoms. The van der Waals surface area contributed by atoms with Crippen molar-refractivity contribution in [2.75, 3.05) is 0 Å². The summed E-state index contributed by atoms with van der Waals surface area (Å²) in [5.74, 6) is 0. The fourth-order valence-electron chi connectivity index (χ4n) is 14.1. The second-order valence-corrected chi connectivity index (χ2v) is 25.4. The second-order valence-electron chi connectivity index (χ2n) is 25.4. The van der Waals surface area contributed by atoms with E-state index in [9.17, 15) is 30.6 Å². The summed E-state index contributed by atoms with van der Waals surface area (Å²) in [4.78, 5) is 0. The smallest absolute Gasteiger partial charge is 0.152 e. The highest BCUT2D eigenvalue weighted by atomic mass is 16.4. The van der Waals surface area contributed by atoms with Crippen molar-refractivity contribution in [2.24, 2.45) is 0 Å². The van der Waals surface area contributed by atoms with Crippen LogP contribution in [0.15, 0.2) is 437 Å². The molecule has 15 rings (SSSR count). The highest BCUT2D eigenvalue weighted by Gasteiger charge is 2.54.